The second-order valence-corrected chi connectivity index (χ2v) is 17.4. The molecule has 350 valence electrons. The van der Waals surface area contributed by atoms with Crippen LogP contribution in [0.5, 0.6) is 34.5 Å². The van der Waals surface area contributed by atoms with Crippen LogP contribution in [-0.4, -0.2) is 87.6 Å². The van der Waals surface area contributed by atoms with Crippen LogP contribution >= 0.6 is 31.9 Å². The predicted octanol–water partition coefficient (Wildman–Crippen LogP) is 1.97. The summed E-state index contributed by atoms with van der Waals surface area (Å²) in [5, 5.41) is 10.9. The Hall–Kier alpha value is -7.08. The van der Waals surface area contributed by atoms with E-state index in [1.165, 1.54) is 69.5 Å². The fraction of sp³-hybridized carbons (Fsp3) is 0.349. The summed E-state index contributed by atoms with van der Waals surface area (Å²) in [5.41, 5.74) is -0.896. The van der Waals surface area contributed by atoms with Gasteiger partial charge in [-0.2, -0.15) is 0 Å². The molecule has 9 rings (SSSR count). The smallest absolute Gasteiger partial charge is 0.348 e. The van der Waals surface area contributed by atoms with E-state index in [1.807, 2.05) is 0 Å². The minimum Gasteiger partial charge on any atom is -0.503 e. The van der Waals surface area contributed by atoms with E-state index in [0.29, 0.717) is 60.7 Å². The van der Waals surface area contributed by atoms with Gasteiger partial charge in [0.15, 0.2) is 34.5 Å². The van der Waals surface area contributed by atoms with Crippen LogP contribution in [0.1, 0.15) is 29.0 Å². The normalized spacial score (nSPS) is 15.3. The lowest BCUT2D eigenvalue weighted by atomic mass is 9.90. The number of allylic oxidation sites excluding steroid dienone is 2. The molecule has 24 heteroatoms. The molecule has 2 aliphatic rings. The molecule has 0 saturated heterocycles. The maximum absolute atomic E-state index is 14.7. The third-order valence-electron chi connectivity index (χ3n) is 12.5. The Labute approximate surface area is 393 Å². The molecule has 0 aliphatic carbocycles. The molecule has 0 radical (unpaired) electrons. The first kappa shape index (κ1) is 45.1. The van der Waals surface area contributed by atoms with Gasteiger partial charge in [-0.1, -0.05) is 6.08 Å². The van der Waals surface area contributed by atoms with E-state index in [0.717, 1.165) is 9.13 Å². The Balaban J connectivity index is 1.13. The summed E-state index contributed by atoms with van der Waals surface area (Å²) >= 11 is 6.99. The highest BCUT2D eigenvalue weighted by Crippen LogP contribution is 2.48. The molecule has 0 fully saturated rings. The van der Waals surface area contributed by atoms with Gasteiger partial charge in [-0.25, -0.2) is 57.0 Å². The van der Waals surface area contributed by atoms with Crippen LogP contribution in [0.15, 0.2) is 79.7 Å². The van der Waals surface area contributed by atoms with Gasteiger partial charge in [0, 0.05) is 74.3 Å². The highest BCUT2D eigenvalue weighted by molar-refractivity contribution is 9.13. The molecule has 22 nitrogen and oxygen atoms in total. The van der Waals surface area contributed by atoms with Gasteiger partial charge in [-0.05, 0) is 43.5 Å². The average Bonchev–Trinajstić information content (AvgIpc) is 3.72. The zero-order valence-corrected chi connectivity index (χ0v) is 40.2. The van der Waals surface area contributed by atoms with E-state index in [4.69, 9.17) is 23.7 Å². The van der Waals surface area contributed by atoms with Gasteiger partial charge < -0.3 is 37.9 Å². The molecule has 3 aromatic carbocycles. The number of aryl methyl sites for hydroxylation is 4. The van der Waals surface area contributed by atoms with Crippen LogP contribution in [-0.2, 0) is 53.1 Å². The zero-order valence-electron chi connectivity index (χ0n) is 37.0. The molecule has 0 saturated carbocycles. The number of benzene rings is 3. The topological polar surface area (TPSA) is 234 Å². The molecule has 0 amide bonds. The quantitative estimate of drug-likeness (QED) is 0.173. The molecule has 0 spiro atoms. The second-order valence-electron chi connectivity index (χ2n) is 15.8. The minimum absolute atomic E-state index is 0.0451. The van der Waals surface area contributed by atoms with Crippen LogP contribution < -0.4 is 57.6 Å². The van der Waals surface area contributed by atoms with Crippen LogP contribution in [0, 0.1) is 0 Å². The highest BCUT2D eigenvalue weighted by atomic mass is 79.9. The third-order valence-corrected chi connectivity index (χ3v) is 14.7. The molecule has 0 bridgehead atoms. The molecule has 2 atom stereocenters. The van der Waals surface area contributed by atoms with Crippen molar-refractivity contribution in [3.8, 4) is 34.5 Å². The predicted molar refractivity (Wildman–Crippen MR) is 249 cm³/mol. The summed E-state index contributed by atoms with van der Waals surface area (Å²) < 4.78 is 37.5. The molecule has 67 heavy (non-hydrogen) atoms. The van der Waals surface area contributed by atoms with Crippen LogP contribution in [0.4, 0.5) is 0 Å². The first-order valence-corrected chi connectivity index (χ1v) is 22.2. The number of hydrogen-bond donors (Lipinski definition) is 1. The van der Waals surface area contributed by atoms with E-state index in [2.05, 4.69) is 41.8 Å². The number of hydrogen-bond acceptors (Lipinski definition) is 14. The first-order valence-electron chi connectivity index (χ1n) is 20.6. The number of halogens is 2. The summed E-state index contributed by atoms with van der Waals surface area (Å²) in [7, 11) is 10.4. The summed E-state index contributed by atoms with van der Waals surface area (Å²) in [6, 6.07) is 5.95. The van der Waals surface area contributed by atoms with E-state index in [1.54, 1.807) is 44.4 Å². The number of methoxy groups -OCH3 is 5. The Morgan fingerprint density at radius 2 is 1.07 bits per heavy atom. The molecule has 6 heterocycles. The van der Waals surface area contributed by atoms with Gasteiger partial charge in [0.25, 0.3) is 11.1 Å². The lowest BCUT2D eigenvalue weighted by molar-refractivity contribution is 0.245. The Kier molecular flexibility index (Phi) is 11.4. The number of aromatic hydroxyl groups is 1. The van der Waals surface area contributed by atoms with E-state index in [9.17, 15) is 33.9 Å². The van der Waals surface area contributed by atoms with E-state index >= 15 is 0 Å². The number of phenolic OH excluding ortho intramolecular Hbond substituents is 1. The number of aromatic nitrogens is 10. The third kappa shape index (κ3) is 6.93. The molecule has 1 N–H and O–H groups in total. The molecule has 0 unspecified atom stereocenters. The van der Waals surface area contributed by atoms with Gasteiger partial charge >= 0.3 is 22.8 Å². The lowest BCUT2D eigenvalue weighted by Gasteiger charge is -2.38. The zero-order chi connectivity index (χ0) is 47.9. The average molecular weight is 1050 g/mol. The van der Waals surface area contributed by atoms with Crippen molar-refractivity contribution in [3.05, 3.63) is 131 Å². The fourth-order valence-corrected chi connectivity index (χ4v) is 10.0. The van der Waals surface area contributed by atoms with Crippen molar-refractivity contribution in [2.75, 3.05) is 35.5 Å². The Morgan fingerprint density at radius 1 is 0.612 bits per heavy atom. The van der Waals surface area contributed by atoms with E-state index < -0.39 is 46.0 Å². The number of phenols is 1. The monoisotopic (exact) mass is 1050 g/mol. The molecule has 2 aliphatic heterocycles. The lowest BCUT2D eigenvalue weighted by Crippen LogP contribution is -2.47. The van der Waals surface area contributed by atoms with Crippen molar-refractivity contribution in [2.24, 2.45) is 14.1 Å². The fourth-order valence-electron chi connectivity index (χ4n) is 9.06. The summed E-state index contributed by atoms with van der Waals surface area (Å²) in [6.07, 6.45) is 1.52. The molecule has 7 aromatic rings. The largest absolute Gasteiger partial charge is 0.503 e. The van der Waals surface area contributed by atoms with Crippen molar-refractivity contribution < 1.29 is 28.8 Å². The number of rotatable bonds is 12. The summed E-state index contributed by atoms with van der Waals surface area (Å²) in [4.78, 5) is 94.3. The standard InChI is InChI=1S/C43H42Br2N10O12/c1-48-26-17-31(65-5)29(63-3)15-24(26)46-22(38(48)57)9-11-50-40(59)52-13-8-20-28(54(52)42(50)61)19-53-41(60)51(43(62)55(53)36(20)21-14-33(67-7)37(56)35(45)34(21)44)12-10-23-39(58)49(2)27-18-32(66-6)30(64-4)16-25(27)47-23/h8,14-18,28,36,56H,9-13,19H2,1-7H3/t28-,36-/m1/s1. The van der Waals surface area contributed by atoms with E-state index in [-0.39, 0.29) is 66.4 Å². The van der Waals surface area contributed by atoms with Gasteiger partial charge in [0.05, 0.1) is 81.2 Å². The summed E-state index contributed by atoms with van der Waals surface area (Å²) in [6.45, 7) is -0.817. The maximum Gasteiger partial charge on any atom is 0.348 e. The SMILES string of the molecule is COc1cc2nc(CCn3c(=O)n4n(c3=O)[C@@H]3Cn5c(=O)n(CCc6nc7cc(OC)c(OC)cc7n(C)c6=O)c(=O)n5[C@@H](c5cc(OC)c(O)c(Br)c5Br)C3=CC4)c(=O)n(C)c2cc1OC. The van der Waals surface area contributed by atoms with Crippen molar-refractivity contribution in [2.45, 2.75) is 51.1 Å². The Bertz CT molecular complexity index is 3650. The van der Waals surface area contributed by atoms with Gasteiger partial charge in [0.1, 0.15) is 17.4 Å². The molecular formula is C43H42Br2N10O12. The van der Waals surface area contributed by atoms with Crippen LogP contribution in [0.3, 0.4) is 0 Å². The van der Waals surface area contributed by atoms with Crippen molar-refractivity contribution in [1.29, 1.82) is 0 Å². The number of ether oxygens (including phenoxy) is 5. The van der Waals surface area contributed by atoms with Gasteiger partial charge in [-0.15, -0.1) is 0 Å². The van der Waals surface area contributed by atoms with Crippen molar-refractivity contribution in [3.63, 3.8) is 0 Å². The van der Waals surface area contributed by atoms with Crippen LogP contribution in [0.2, 0.25) is 0 Å². The maximum atomic E-state index is 14.7. The van der Waals surface area contributed by atoms with Gasteiger partial charge in [0.2, 0.25) is 0 Å². The summed E-state index contributed by atoms with van der Waals surface area (Å²) in [5.74, 6) is 1.41. The minimum atomic E-state index is -1.10. The number of fused-ring (bicyclic) bond motifs is 6. The molecular weight excluding hydrogens is 1010 g/mol. The van der Waals surface area contributed by atoms with Crippen molar-refractivity contribution >= 4 is 53.9 Å². The van der Waals surface area contributed by atoms with Crippen molar-refractivity contribution in [1.82, 2.24) is 47.0 Å². The van der Waals surface area contributed by atoms with Gasteiger partial charge in [-0.3, -0.25) is 9.59 Å². The second kappa shape index (κ2) is 17.0. The first-order chi connectivity index (χ1) is 32.1. The molecule has 4 aromatic heterocycles. The Morgan fingerprint density at radius 3 is 1.57 bits per heavy atom. The van der Waals surface area contributed by atoms with Crippen LogP contribution in [0.25, 0.3) is 22.1 Å². The highest BCUT2D eigenvalue weighted by Gasteiger charge is 2.43. The number of nitrogens with zero attached hydrogens (tertiary/aromatic N) is 10.